The summed E-state index contributed by atoms with van der Waals surface area (Å²) >= 11 is 9.36. The summed E-state index contributed by atoms with van der Waals surface area (Å²) in [5.74, 6) is -2.70. The van der Waals surface area contributed by atoms with Gasteiger partial charge in [-0.25, -0.2) is 9.59 Å². The van der Waals surface area contributed by atoms with Crippen molar-refractivity contribution in [2.75, 3.05) is 5.32 Å². The number of hydrogen-bond acceptors (Lipinski definition) is 5. The molecule has 0 unspecified atom stereocenters. The van der Waals surface area contributed by atoms with Gasteiger partial charge in [-0.3, -0.25) is 0 Å². The molecular formula is C14H13BrClNO4. The predicted octanol–water partition coefficient (Wildman–Crippen LogP) is 3.54. The van der Waals surface area contributed by atoms with Crippen molar-refractivity contribution >= 4 is 45.2 Å². The van der Waals surface area contributed by atoms with Crippen LogP contribution < -0.4 is 5.32 Å². The Labute approximate surface area is 135 Å². The second kappa shape index (κ2) is 5.69. The number of rotatable bonds is 2. The monoisotopic (exact) mass is 373 g/mol. The van der Waals surface area contributed by atoms with Gasteiger partial charge in [-0.05, 0) is 40.5 Å². The molecule has 1 aliphatic rings. The normalized spacial score (nSPS) is 17.1. The zero-order chi connectivity index (χ0) is 15.8. The Morgan fingerprint density at radius 2 is 1.81 bits per heavy atom. The predicted molar refractivity (Wildman–Crippen MR) is 81.9 cm³/mol. The molecular weight excluding hydrogens is 362 g/mol. The number of carbonyl (C=O) groups excluding carboxylic acids is 2. The second-order valence-corrected chi connectivity index (χ2v) is 6.20. The number of anilines is 1. The van der Waals surface area contributed by atoms with E-state index in [9.17, 15) is 9.59 Å². The van der Waals surface area contributed by atoms with Crippen molar-refractivity contribution in [1.29, 1.82) is 0 Å². The first-order chi connectivity index (χ1) is 9.69. The van der Waals surface area contributed by atoms with Crippen LogP contribution in [0, 0.1) is 6.92 Å². The van der Waals surface area contributed by atoms with Gasteiger partial charge in [0, 0.05) is 30.2 Å². The summed E-state index contributed by atoms with van der Waals surface area (Å²) in [7, 11) is 0. The van der Waals surface area contributed by atoms with Crippen molar-refractivity contribution in [2.24, 2.45) is 0 Å². The Morgan fingerprint density at radius 3 is 2.33 bits per heavy atom. The second-order valence-electron chi connectivity index (χ2n) is 4.97. The molecule has 1 fully saturated rings. The molecule has 112 valence electrons. The molecule has 1 aromatic carbocycles. The standard InChI is InChI=1S/C14H13BrClNO4/c1-7-4-8(5-10(15)11(7)16)17-6-9-12(18)20-14(2,3)21-13(9)19/h4-6,17H,1-3H3. The van der Waals surface area contributed by atoms with Crippen molar-refractivity contribution in [3.63, 3.8) is 0 Å². The molecule has 0 saturated carbocycles. The molecule has 2 rings (SSSR count). The fourth-order valence-electron chi connectivity index (χ4n) is 1.74. The summed E-state index contributed by atoms with van der Waals surface area (Å²) in [6.45, 7) is 4.83. The highest BCUT2D eigenvalue weighted by atomic mass is 79.9. The van der Waals surface area contributed by atoms with E-state index in [1.807, 2.05) is 6.92 Å². The number of ether oxygens (including phenoxy) is 2. The maximum Gasteiger partial charge on any atom is 0.350 e. The van der Waals surface area contributed by atoms with E-state index in [1.54, 1.807) is 12.1 Å². The van der Waals surface area contributed by atoms with Crippen molar-refractivity contribution in [1.82, 2.24) is 0 Å². The number of hydrogen-bond donors (Lipinski definition) is 1. The Kier molecular flexibility index (Phi) is 4.30. The lowest BCUT2D eigenvalue weighted by Gasteiger charge is -2.29. The average molecular weight is 375 g/mol. The van der Waals surface area contributed by atoms with Crippen LogP contribution in [-0.4, -0.2) is 17.7 Å². The highest BCUT2D eigenvalue weighted by Crippen LogP contribution is 2.30. The molecule has 0 radical (unpaired) electrons. The molecule has 1 saturated heterocycles. The van der Waals surface area contributed by atoms with Gasteiger partial charge >= 0.3 is 11.9 Å². The fraction of sp³-hybridized carbons (Fsp3) is 0.286. The van der Waals surface area contributed by atoms with E-state index in [2.05, 4.69) is 21.2 Å². The van der Waals surface area contributed by atoms with Crippen molar-refractivity contribution < 1.29 is 19.1 Å². The van der Waals surface area contributed by atoms with Crippen molar-refractivity contribution in [3.05, 3.63) is 39.0 Å². The van der Waals surface area contributed by atoms with Gasteiger partial charge in [0.15, 0.2) is 5.57 Å². The Bertz CT molecular complexity index is 609. The molecule has 1 N–H and O–H groups in total. The van der Waals surface area contributed by atoms with E-state index in [1.165, 1.54) is 20.0 Å². The molecule has 0 amide bonds. The lowest BCUT2D eigenvalue weighted by atomic mass is 10.2. The smallest absolute Gasteiger partial charge is 0.350 e. The van der Waals surface area contributed by atoms with Crippen LogP contribution >= 0.6 is 27.5 Å². The third-order valence-electron chi connectivity index (χ3n) is 2.71. The van der Waals surface area contributed by atoms with Gasteiger partial charge in [0.25, 0.3) is 5.79 Å². The first kappa shape index (κ1) is 15.9. The number of nitrogens with one attached hydrogen (secondary N) is 1. The van der Waals surface area contributed by atoms with Gasteiger partial charge in [0.2, 0.25) is 0 Å². The molecule has 21 heavy (non-hydrogen) atoms. The molecule has 1 aliphatic heterocycles. The SMILES string of the molecule is Cc1cc(NC=C2C(=O)OC(C)(C)OC2=O)cc(Br)c1Cl. The Hall–Kier alpha value is -1.53. The van der Waals surface area contributed by atoms with Gasteiger partial charge in [-0.1, -0.05) is 11.6 Å². The van der Waals surface area contributed by atoms with Crippen LogP contribution in [0.2, 0.25) is 5.02 Å². The third kappa shape index (κ3) is 3.57. The Balaban J connectivity index is 2.22. The minimum absolute atomic E-state index is 0.196. The minimum atomic E-state index is -1.24. The summed E-state index contributed by atoms with van der Waals surface area (Å²) in [5, 5.41) is 3.46. The van der Waals surface area contributed by atoms with Crippen LogP contribution in [0.4, 0.5) is 5.69 Å². The van der Waals surface area contributed by atoms with E-state index in [0.717, 1.165) is 5.56 Å². The molecule has 1 aromatic rings. The fourth-order valence-corrected chi connectivity index (χ4v) is 2.41. The number of esters is 2. The minimum Gasteiger partial charge on any atom is -0.419 e. The van der Waals surface area contributed by atoms with E-state index in [4.69, 9.17) is 21.1 Å². The highest BCUT2D eigenvalue weighted by Gasteiger charge is 2.38. The van der Waals surface area contributed by atoms with Gasteiger partial charge in [0.1, 0.15) is 0 Å². The summed E-state index contributed by atoms with van der Waals surface area (Å²) in [5.41, 5.74) is 1.32. The van der Waals surface area contributed by atoms with Crippen LogP contribution in [-0.2, 0) is 19.1 Å². The van der Waals surface area contributed by atoms with Crippen LogP contribution in [0.5, 0.6) is 0 Å². The van der Waals surface area contributed by atoms with Gasteiger partial charge in [0.05, 0.1) is 5.02 Å². The molecule has 0 atom stereocenters. The number of aryl methyl sites for hydroxylation is 1. The van der Waals surface area contributed by atoms with Crippen molar-refractivity contribution in [3.8, 4) is 0 Å². The Morgan fingerprint density at radius 1 is 1.24 bits per heavy atom. The van der Waals surface area contributed by atoms with Gasteiger partial charge in [-0.2, -0.15) is 0 Å². The molecule has 0 spiro atoms. The quantitative estimate of drug-likeness (QED) is 0.487. The number of cyclic esters (lactones) is 2. The van der Waals surface area contributed by atoms with E-state index >= 15 is 0 Å². The zero-order valence-corrected chi connectivity index (χ0v) is 14.0. The maximum atomic E-state index is 11.8. The molecule has 1 heterocycles. The van der Waals surface area contributed by atoms with Crippen molar-refractivity contribution in [2.45, 2.75) is 26.6 Å². The first-order valence-corrected chi connectivity index (χ1v) is 7.26. The topological polar surface area (TPSA) is 64.6 Å². The maximum absolute atomic E-state index is 11.8. The molecule has 7 heteroatoms. The number of carbonyl (C=O) groups is 2. The van der Waals surface area contributed by atoms with Crippen LogP contribution in [0.25, 0.3) is 0 Å². The largest absolute Gasteiger partial charge is 0.419 e. The summed E-state index contributed by atoms with van der Waals surface area (Å²) in [6.07, 6.45) is 1.26. The highest BCUT2D eigenvalue weighted by molar-refractivity contribution is 9.10. The molecule has 0 aliphatic carbocycles. The van der Waals surface area contributed by atoms with Gasteiger partial charge in [-0.15, -0.1) is 0 Å². The first-order valence-electron chi connectivity index (χ1n) is 6.08. The average Bonchev–Trinajstić information content (AvgIpc) is 2.33. The van der Waals surface area contributed by atoms with E-state index in [-0.39, 0.29) is 5.57 Å². The third-order valence-corrected chi connectivity index (χ3v) is 4.07. The summed E-state index contributed by atoms with van der Waals surface area (Å²) < 4.78 is 10.7. The summed E-state index contributed by atoms with van der Waals surface area (Å²) in [4.78, 5) is 23.5. The van der Waals surface area contributed by atoms with Crippen LogP contribution in [0.1, 0.15) is 19.4 Å². The lowest BCUT2D eigenvalue weighted by Crippen LogP contribution is -2.42. The number of halogens is 2. The van der Waals surface area contributed by atoms with E-state index < -0.39 is 17.7 Å². The van der Waals surface area contributed by atoms with Gasteiger partial charge < -0.3 is 14.8 Å². The van der Waals surface area contributed by atoms with E-state index in [0.29, 0.717) is 15.2 Å². The zero-order valence-electron chi connectivity index (χ0n) is 11.6. The number of benzene rings is 1. The van der Waals surface area contributed by atoms with Crippen LogP contribution in [0.3, 0.4) is 0 Å². The molecule has 5 nitrogen and oxygen atoms in total. The summed E-state index contributed by atoms with van der Waals surface area (Å²) in [6, 6.07) is 3.52. The van der Waals surface area contributed by atoms with Crippen LogP contribution in [0.15, 0.2) is 28.4 Å². The lowest BCUT2D eigenvalue weighted by molar-refractivity contribution is -0.222. The molecule has 0 aromatic heterocycles. The molecule has 0 bridgehead atoms.